The van der Waals surface area contributed by atoms with Crippen molar-refractivity contribution in [2.75, 3.05) is 27.2 Å². The van der Waals surface area contributed by atoms with Crippen molar-refractivity contribution in [3.63, 3.8) is 0 Å². The number of ether oxygens (including phenoxy) is 1. The number of esters is 1. The van der Waals surface area contributed by atoms with Gasteiger partial charge in [-0.05, 0) is 13.0 Å². The molecule has 0 spiro atoms. The molecular weight excluding hydrogens is 168 g/mol. The molecule has 1 atom stereocenters. The molecule has 0 saturated heterocycles. The first-order valence-electron chi connectivity index (χ1n) is 4.49. The topological polar surface area (TPSA) is 55.6 Å². The van der Waals surface area contributed by atoms with Crippen LogP contribution in [0.1, 0.15) is 13.8 Å². The van der Waals surface area contributed by atoms with Crippen LogP contribution in [-0.2, 0) is 9.53 Å². The number of nitrogens with zero attached hydrogens (tertiary/aromatic N) is 1. The van der Waals surface area contributed by atoms with E-state index in [0.29, 0.717) is 12.5 Å². The quantitative estimate of drug-likeness (QED) is 0.621. The maximum absolute atomic E-state index is 11.0. The highest BCUT2D eigenvalue weighted by Crippen LogP contribution is 1.96. The summed E-state index contributed by atoms with van der Waals surface area (Å²) in [6, 6.07) is -0.534. The van der Waals surface area contributed by atoms with Gasteiger partial charge in [-0.2, -0.15) is 0 Å². The Kier molecular flexibility index (Phi) is 5.66. The fourth-order valence-corrected chi connectivity index (χ4v) is 1.26. The minimum atomic E-state index is -0.534. The zero-order valence-electron chi connectivity index (χ0n) is 8.91. The predicted octanol–water partition coefficient (Wildman–Crippen LogP) is 0.0745. The largest absolute Gasteiger partial charge is 0.468 e. The summed E-state index contributed by atoms with van der Waals surface area (Å²) in [5.41, 5.74) is 5.59. The lowest BCUT2D eigenvalue weighted by Crippen LogP contribution is -2.42. The van der Waals surface area contributed by atoms with E-state index < -0.39 is 6.04 Å². The van der Waals surface area contributed by atoms with Gasteiger partial charge in [-0.3, -0.25) is 4.79 Å². The first kappa shape index (κ1) is 12.4. The predicted molar refractivity (Wildman–Crippen MR) is 52.3 cm³/mol. The summed E-state index contributed by atoms with van der Waals surface area (Å²) < 4.78 is 4.53. The molecule has 13 heavy (non-hydrogen) atoms. The van der Waals surface area contributed by atoms with Gasteiger partial charge in [-0.25, -0.2) is 0 Å². The molecule has 0 aromatic heterocycles. The molecule has 0 fully saturated rings. The van der Waals surface area contributed by atoms with Gasteiger partial charge >= 0.3 is 5.97 Å². The molecule has 4 nitrogen and oxygen atoms in total. The smallest absolute Gasteiger partial charge is 0.323 e. The molecule has 0 amide bonds. The van der Waals surface area contributed by atoms with Gasteiger partial charge in [0.1, 0.15) is 6.04 Å². The monoisotopic (exact) mass is 188 g/mol. The lowest BCUT2D eigenvalue weighted by Gasteiger charge is -2.21. The third-order valence-electron chi connectivity index (χ3n) is 1.69. The minimum absolute atomic E-state index is 0.351. The molecule has 2 N–H and O–H groups in total. The van der Waals surface area contributed by atoms with Gasteiger partial charge in [0, 0.05) is 13.1 Å². The number of carbonyl (C=O) groups is 1. The molecule has 78 valence electrons. The van der Waals surface area contributed by atoms with Crippen molar-refractivity contribution < 1.29 is 9.53 Å². The third kappa shape index (κ3) is 5.60. The number of methoxy groups -OCH3 is 1. The Bertz CT molecular complexity index is 160. The van der Waals surface area contributed by atoms with E-state index in [0.717, 1.165) is 6.54 Å². The number of likely N-dealkylation sites (N-methyl/N-ethyl adjacent to an activating group) is 1. The Morgan fingerprint density at radius 1 is 1.46 bits per heavy atom. The van der Waals surface area contributed by atoms with Crippen molar-refractivity contribution in [3.8, 4) is 0 Å². The molecule has 4 heteroatoms. The van der Waals surface area contributed by atoms with Crippen LogP contribution in [0.4, 0.5) is 0 Å². The lowest BCUT2D eigenvalue weighted by molar-refractivity contribution is -0.142. The molecular formula is C9H20N2O2. The van der Waals surface area contributed by atoms with E-state index in [9.17, 15) is 4.79 Å². The molecule has 0 heterocycles. The minimum Gasteiger partial charge on any atom is -0.468 e. The van der Waals surface area contributed by atoms with Crippen LogP contribution in [0.5, 0.6) is 0 Å². The van der Waals surface area contributed by atoms with Crippen molar-refractivity contribution in [2.24, 2.45) is 11.7 Å². The standard InChI is InChI=1S/C9H20N2O2/c1-7(2)5-11(3)6-8(10)9(12)13-4/h7-8H,5-6,10H2,1-4H3. The summed E-state index contributed by atoms with van der Waals surface area (Å²) in [7, 11) is 3.30. The molecule has 0 aromatic rings. The van der Waals surface area contributed by atoms with Gasteiger partial charge in [-0.15, -0.1) is 0 Å². The van der Waals surface area contributed by atoms with Crippen LogP contribution in [0.15, 0.2) is 0 Å². The Morgan fingerprint density at radius 3 is 2.38 bits per heavy atom. The lowest BCUT2D eigenvalue weighted by atomic mass is 10.2. The molecule has 0 aliphatic rings. The van der Waals surface area contributed by atoms with E-state index in [2.05, 4.69) is 18.6 Å². The number of nitrogens with two attached hydrogens (primary N) is 1. The zero-order chi connectivity index (χ0) is 10.4. The first-order chi connectivity index (χ1) is 5.97. The normalized spacial score (nSPS) is 13.5. The van der Waals surface area contributed by atoms with Crippen LogP contribution in [0.25, 0.3) is 0 Å². The highest BCUT2D eigenvalue weighted by Gasteiger charge is 2.15. The Morgan fingerprint density at radius 2 is 2.00 bits per heavy atom. The highest BCUT2D eigenvalue weighted by molar-refractivity contribution is 5.75. The summed E-state index contributed by atoms with van der Waals surface area (Å²) in [6.45, 7) is 5.73. The van der Waals surface area contributed by atoms with E-state index >= 15 is 0 Å². The summed E-state index contributed by atoms with van der Waals surface area (Å²) >= 11 is 0. The number of rotatable bonds is 5. The molecule has 0 aliphatic heterocycles. The number of hydrogen-bond acceptors (Lipinski definition) is 4. The summed E-state index contributed by atoms with van der Waals surface area (Å²) in [6.07, 6.45) is 0. The van der Waals surface area contributed by atoms with Crippen LogP contribution in [0.2, 0.25) is 0 Å². The fourth-order valence-electron chi connectivity index (χ4n) is 1.26. The molecule has 0 aliphatic carbocycles. The van der Waals surface area contributed by atoms with Crippen molar-refractivity contribution >= 4 is 5.97 Å². The van der Waals surface area contributed by atoms with Crippen LogP contribution in [0, 0.1) is 5.92 Å². The van der Waals surface area contributed by atoms with Crippen molar-refractivity contribution in [1.29, 1.82) is 0 Å². The van der Waals surface area contributed by atoms with Crippen LogP contribution < -0.4 is 5.73 Å². The number of hydrogen-bond donors (Lipinski definition) is 1. The van der Waals surface area contributed by atoms with Gasteiger partial charge in [0.05, 0.1) is 7.11 Å². The Balaban J connectivity index is 3.77. The zero-order valence-corrected chi connectivity index (χ0v) is 8.91. The van der Waals surface area contributed by atoms with Crippen molar-refractivity contribution in [1.82, 2.24) is 4.90 Å². The molecule has 0 aromatic carbocycles. The second-order valence-electron chi connectivity index (χ2n) is 3.74. The molecule has 0 bridgehead atoms. The van der Waals surface area contributed by atoms with Gasteiger partial charge in [-0.1, -0.05) is 13.8 Å². The average Bonchev–Trinajstić information content (AvgIpc) is 2.01. The van der Waals surface area contributed by atoms with Gasteiger partial charge in [0.25, 0.3) is 0 Å². The van der Waals surface area contributed by atoms with Gasteiger partial charge in [0.2, 0.25) is 0 Å². The molecule has 0 saturated carbocycles. The van der Waals surface area contributed by atoms with Crippen LogP contribution in [0.3, 0.4) is 0 Å². The second kappa shape index (κ2) is 5.94. The van der Waals surface area contributed by atoms with Crippen LogP contribution in [-0.4, -0.2) is 44.2 Å². The average molecular weight is 188 g/mol. The summed E-state index contributed by atoms with van der Waals surface area (Å²) in [5, 5.41) is 0. The van der Waals surface area contributed by atoms with E-state index in [-0.39, 0.29) is 5.97 Å². The third-order valence-corrected chi connectivity index (χ3v) is 1.69. The van der Waals surface area contributed by atoms with E-state index in [1.165, 1.54) is 7.11 Å². The molecule has 0 rings (SSSR count). The second-order valence-corrected chi connectivity index (χ2v) is 3.74. The summed E-state index contributed by atoms with van der Waals surface area (Å²) in [4.78, 5) is 13.0. The SMILES string of the molecule is COC(=O)C(N)CN(C)CC(C)C. The molecule has 1 unspecified atom stereocenters. The Hall–Kier alpha value is -0.610. The van der Waals surface area contributed by atoms with Crippen molar-refractivity contribution in [3.05, 3.63) is 0 Å². The van der Waals surface area contributed by atoms with E-state index in [1.54, 1.807) is 0 Å². The fraction of sp³-hybridized carbons (Fsp3) is 0.889. The molecule has 0 radical (unpaired) electrons. The number of carbonyl (C=O) groups excluding carboxylic acids is 1. The highest BCUT2D eigenvalue weighted by atomic mass is 16.5. The van der Waals surface area contributed by atoms with Crippen molar-refractivity contribution in [2.45, 2.75) is 19.9 Å². The van der Waals surface area contributed by atoms with Crippen LogP contribution >= 0.6 is 0 Å². The maximum atomic E-state index is 11.0. The van der Waals surface area contributed by atoms with Gasteiger partial charge in [0.15, 0.2) is 0 Å². The summed E-state index contributed by atoms with van der Waals surface area (Å²) in [5.74, 6) is 0.227. The maximum Gasteiger partial charge on any atom is 0.323 e. The Labute approximate surface area is 80.0 Å². The first-order valence-corrected chi connectivity index (χ1v) is 4.49. The van der Waals surface area contributed by atoms with Gasteiger partial charge < -0.3 is 15.4 Å². The van der Waals surface area contributed by atoms with E-state index in [1.807, 2.05) is 11.9 Å². The van der Waals surface area contributed by atoms with E-state index in [4.69, 9.17) is 5.73 Å².